The van der Waals surface area contributed by atoms with Crippen molar-refractivity contribution in [1.29, 1.82) is 5.26 Å². The first kappa shape index (κ1) is 13.1. The number of nitriles is 1. The number of sulfonamides is 1. The minimum atomic E-state index is -3.21. The van der Waals surface area contributed by atoms with E-state index in [0.29, 0.717) is 19.4 Å². The third-order valence-corrected chi connectivity index (χ3v) is 5.16. The highest BCUT2D eigenvalue weighted by molar-refractivity contribution is 7.89. The lowest BCUT2D eigenvalue weighted by atomic mass is 9.98. The van der Waals surface area contributed by atoms with E-state index in [4.69, 9.17) is 5.26 Å². The van der Waals surface area contributed by atoms with E-state index in [1.54, 1.807) is 4.31 Å². The van der Waals surface area contributed by atoms with Gasteiger partial charge in [0.25, 0.3) is 0 Å². The average molecular weight is 264 g/mol. The average Bonchev–Trinajstić information content (AvgIpc) is 2.28. The number of rotatable bonds is 5. The van der Waals surface area contributed by atoms with Crippen LogP contribution in [0.5, 0.6) is 0 Å². The third kappa shape index (κ3) is 2.71. The maximum atomic E-state index is 12.1. The van der Waals surface area contributed by atoms with Crippen molar-refractivity contribution in [3.05, 3.63) is 35.9 Å². The van der Waals surface area contributed by atoms with Gasteiger partial charge in [0.2, 0.25) is 10.0 Å². The van der Waals surface area contributed by atoms with Crippen LogP contribution in [0.15, 0.2) is 30.3 Å². The number of hydrogen-bond donors (Lipinski definition) is 0. The van der Waals surface area contributed by atoms with Gasteiger partial charge in [0.1, 0.15) is 0 Å². The third-order valence-electron chi connectivity index (χ3n) is 3.20. The molecule has 2 rings (SSSR count). The molecule has 0 amide bonds. The maximum Gasteiger partial charge on any atom is 0.214 e. The second kappa shape index (κ2) is 5.51. The van der Waals surface area contributed by atoms with Gasteiger partial charge in [-0.3, -0.25) is 0 Å². The van der Waals surface area contributed by atoms with Gasteiger partial charge < -0.3 is 0 Å². The highest BCUT2D eigenvalue weighted by Gasteiger charge is 2.37. The molecule has 0 aromatic heterocycles. The van der Waals surface area contributed by atoms with Gasteiger partial charge in [-0.05, 0) is 18.4 Å². The SMILES string of the molecule is N#CCCCS(=O)(=O)N1CCC1c1ccccc1. The van der Waals surface area contributed by atoms with Crippen LogP contribution in [0, 0.1) is 11.3 Å². The van der Waals surface area contributed by atoms with Crippen molar-refractivity contribution in [3.63, 3.8) is 0 Å². The standard InChI is InChI=1S/C13H16N2O2S/c14-9-4-5-11-18(16,17)15-10-8-13(15)12-6-2-1-3-7-12/h1-3,6-7,13H,4-5,8,10-11H2. The van der Waals surface area contributed by atoms with Crippen LogP contribution in [-0.2, 0) is 10.0 Å². The molecule has 0 aliphatic carbocycles. The topological polar surface area (TPSA) is 61.2 Å². The number of benzene rings is 1. The van der Waals surface area contributed by atoms with Gasteiger partial charge in [0.15, 0.2) is 0 Å². The molecule has 0 saturated carbocycles. The van der Waals surface area contributed by atoms with Crippen molar-refractivity contribution >= 4 is 10.0 Å². The Bertz CT molecular complexity index is 534. The summed E-state index contributed by atoms with van der Waals surface area (Å²) in [5.74, 6) is 0.0733. The van der Waals surface area contributed by atoms with Gasteiger partial charge in [0.05, 0.1) is 17.9 Å². The van der Waals surface area contributed by atoms with E-state index >= 15 is 0 Å². The predicted molar refractivity (Wildman–Crippen MR) is 69.1 cm³/mol. The van der Waals surface area contributed by atoms with E-state index in [1.165, 1.54) is 0 Å². The molecule has 1 unspecified atom stereocenters. The van der Waals surface area contributed by atoms with Crippen LogP contribution in [0.1, 0.15) is 30.9 Å². The fourth-order valence-corrected chi connectivity index (χ4v) is 3.90. The van der Waals surface area contributed by atoms with Crippen molar-refractivity contribution in [1.82, 2.24) is 4.31 Å². The molecule has 0 spiro atoms. The van der Waals surface area contributed by atoms with Gasteiger partial charge in [-0.1, -0.05) is 30.3 Å². The summed E-state index contributed by atoms with van der Waals surface area (Å²) in [4.78, 5) is 0. The lowest BCUT2D eigenvalue weighted by Crippen LogP contribution is -2.46. The van der Waals surface area contributed by atoms with E-state index in [-0.39, 0.29) is 11.8 Å². The Labute approximate surface area is 108 Å². The molecule has 1 fully saturated rings. The molecule has 18 heavy (non-hydrogen) atoms. The molecule has 96 valence electrons. The second-order valence-corrected chi connectivity index (χ2v) is 6.44. The Morgan fingerprint density at radius 1 is 1.33 bits per heavy atom. The number of hydrogen-bond acceptors (Lipinski definition) is 3. The Hall–Kier alpha value is -1.38. The molecule has 0 radical (unpaired) electrons. The maximum absolute atomic E-state index is 12.1. The van der Waals surface area contributed by atoms with Gasteiger partial charge in [0, 0.05) is 13.0 Å². The van der Waals surface area contributed by atoms with Crippen LogP contribution in [0.3, 0.4) is 0 Å². The van der Waals surface area contributed by atoms with Gasteiger partial charge >= 0.3 is 0 Å². The zero-order valence-corrected chi connectivity index (χ0v) is 10.9. The Kier molecular flexibility index (Phi) is 4.00. The summed E-state index contributed by atoms with van der Waals surface area (Å²) in [6, 6.07) is 11.7. The van der Waals surface area contributed by atoms with E-state index in [2.05, 4.69) is 0 Å². The van der Waals surface area contributed by atoms with Gasteiger partial charge in [-0.15, -0.1) is 0 Å². The zero-order chi connectivity index (χ0) is 13.0. The summed E-state index contributed by atoms with van der Waals surface area (Å²) < 4.78 is 25.7. The first-order chi connectivity index (χ1) is 8.65. The fraction of sp³-hybridized carbons (Fsp3) is 0.462. The van der Waals surface area contributed by atoms with Crippen molar-refractivity contribution in [2.45, 2.75) is 25.3 Å². The van der Waals surface area contributed by atoms with Crippen LogP contribution in [0.2, 0.25) is 0 Å². The normalized spacial score (nSPS) is 20.1. The molecule has 1 aromatic carbocycles. The first-order valence-electron chi connectivity index (χ1n) is 6.06. The van der Waals surface area contributed by atoms with E-state index in [9.17, 15) is 8.42 Å². The van der Waals surface area contributed by atoms with Crippen LogP contribution >= 0.6 is 0 Å². The lowest BCUT2D eigenvalue weighted by Gasteiger charge is -2.40. The largest absolute Gasteiger partial charge is 0.214 e. The quantitative estimate of drug-likeness (QED) is 0.765. The van der Waals surface area contributed by atoms with Crippen molar-refractivity contribution < 1.29 is 8.42 Å². The summed E-state index contributed by atoms with van der Waals surface area (Å²) in [7, 11) is -3.21. The highest BCUT2D eigenvalue weighted by Crippen LogP contribution is 2.35. The van der Waals surface area contributed by atoms with Gasteiger partial charge in [-0.2, -0.15) is 9.57 Å². The zero-order valence-electron chi connectivity index (χ0n) is 10.1. The Morgan fingerprint density at radius 3 is 2.61 bits per heavy atom. The first-order valence-corrected chi connectivity index (χ1v) is 7.67. The molecule has 0 N–H and O–H groups in total. The number of nitrogens with zero attached hydrogens (tertiary/aromatic N) is 2. The Balaban J connectivity index is 2.04. The van der Waals surface area contributed by atoms with E-state index in [0.717, 1.165) is 12.0 Å². The van der Waals surface area contributed by atoms with Crippen molar-refractivity contribution in [2.75, 3.05) is 12.3 Å². The smallest absolute Gasteiger partial charge is 0.212 e. The molecule has 1 saturated heterocycles. The number of unbranched alkanes of at least 4 members (excludes halogenated alkanes) is 1. The molecule has 4 nitrogen and oxygen atoms in total. The molecular weight excluding hydrogens is 248 g/mol. The summed E-state index contributed by atoms with van der Waals surface area (Å²) >= 11 is 0. The van der Waals surface area contributed by atoms with Crippen molar-refractivity contribution in [3.8, 4) is 6.07 Å². The van der Waals surface area contributed by atoms with Crippen LogP contribution < -0.4 is 0 Å². The van der Waals surface area contributed by atoms with Crippen molar-refractivity contribution in [2.24, 2.45) is 0 Å². The summed E-state index contributed by atoms with van der Waals surface area (Å²) in [5, 5.41) is 8.44. The fourth-order valence-electron chi connectivity index (χ4n) is 2.16. The summed E-state index contributed by atoms with van der Waals surface area (Å²) in [5.41, 5.74) is 1.05. The highest BCUT2D eigenvalue weighted by atomic mass is 32.2. The lowest BCUT2D eigenvalue weighted by molar-refractivity contribution is 0.202. The monoisotopic (exact) mass is 264 g/mol. The van der Waals surface area contributed by atoms with Crippen LogP contribution in [0.4, 0.5) is 0 Å². The summed E-state index contributed by atoms with van der Waals surface area (Å²) in [6.45, 7) is 0.592. The minimum absolute atomic E-state index is 0.0155. The summed E-state index contributed by atoms with van der Waals surface area (Å²) in [6.07, 6.45) is 1.58. The van der Waals surface area contributed by atoms with E-state index in [1.807, 2.05) is 36.4 Å². The second-order valence-electron chi connectivity index (χ2n) is 4.40. The van der Waals surface area contributed by atoms with Gasteiger partial charge in [-0.25, -0.2) is 8.42 Å². The Morgan fingerprint density at radius 2 is 2.06 bits per heavy atom. The minimum Gasteiger partial charge on any atom is -0.212 e. The predicted octanol–water partition coefficient (Wildman–Crippen LogP) is 2.07. The van der Waals surface area contributed by atoms with Crippen LogP contribution in [0.25, 0.3) is 0 Å². The molecule has 1 aliphatic rings. The molecule has 1 heterocycles. The molecule has 1 atom stereocenters. The van der Waals surface area contributed by atoms with E-state index < -0.39 is 10.0 Å². The molecule has 1 aromatic rings. The molecular formula is C13H16N2O2S. The molecule has 1 aliphatic heterocycles. The van der Waals surface area contributed by atoms with Crippen LogP contribution in [-0.4, -0.2) is 25.0 Å². The molecule has 0 bridgehead atoms. The molecule has 5 heteroatoms.